The highest BCUT2D eigenvalue weighted by atomic mass is 79.9. The summed E-state index contributed by atoms with van der Waals surface area (Å²) in [4.78, 5) is 23.4. The lowest BCUT2D eigenvalue weighted by Crippen LogP contribution is -2.35. The van der Waals surface area contributed by atoms with E-state index in [0.29, 0.717) is 0 Å². The molecule has 0 amide bonds. The van der Waals surface area contributed by atoms with Gasteiger partial charge in [-0.3, -0.25) is 9.59 Å². The molecule has 0 aliphatic rings. The van der Waals surface area contributed by atoms with Crippen LogP contribution in [-0.4, -0.2) is 17.7 Å². The number of carbonyl (C=O) groups excluding carboxylic acids is 2. The van der Waals surface area contributed by atoms with Crippen molar-refractivity contribution in [1.29, 1.82) is 0 Å². The maximum absolute atomic E-state index is 13.8. The Labute approximate surface area is 108 Å². The monoisotopic (exact) mass is 300 g/mol. The summed E-state index contributed by atoms with van der Waals surface area (Å²) in [5.41, 5.74) is -0.650. The highest BCUT2D eigenvalue weighted by molar-refractivity contribution is 9.10. The Hall–Kier alpha value is -1.03. The van der Waals surface area contributed by atoms with Crippen LogP contribution in [-0.2, 0) is 4.79 Å². The lowest BCUT2D eigenvalue weighted by Gasteiger charge is -2.18. The Morgan fingerprint density at radius 3 is 2.06 bits per heavy atom. The Balaban J connectivity index is 2.91. The highest BCUT2D eigenvalue weighted by Gasteiger charge is 2.34. The largest absolute Gasteiger partial charge is 0.295 e. The standard InChI is InChI=1S/C13H14BrFO2/c1-13(2,3)12(17)10(15)11(16)8-4-6-9(14)7-5-8/h4-7,10H,1-3H3. The smallest absolute Gasteiger partial charge is 0.221 e. The minimum atomic E-state index is -2.09. The van der Waals surface area contributed by atoms with E-state index in [2.05, 4.69) is 15.9 Å². The molecule has 0 saturated carbocycles. The van der Waals surface area contributed by atoms with Gasteiger partial charge in [-0.2, -0.15) is 0 Å². The van der Waals surface area contributed by atoms with E-state index in [1.165, 1.54) is 12.1 Å². The molecule has 0 aromatic heterocycles. The second kappa shape index (κ2) is 5.08. The van der Waals surface area contributed by atoms with Crippen LogP contribution >= 0.6 is 15.9 Å². The fraction of sp³-hybridized carbons (Fsp3) is 0.385. The molecule has 0 radical (unpaired) electrons. The van der Waals surface area contributed by atoms with Crippen LogP contribution in [0.1, 0.15) is 31.1 Å². The molecule has 0 saturated heterocycles. The summed E-state index contributed by atoms with van der Waals surface area (Å²) in [6.07, 6.45) is -2.09. The molecule has 17 heavy (non-hydrogen) atoms. The first-order chi connectivity index (χ1) is 7.73. The normalized spacial score (nSPS) is 13.2. The highest BCUT2D eigenvalue weighted by Crippen LogP contribution is 2.21. The fourth-order valence-corrected chi connectivity index (χ4v) is 1.52. The Morgan fingerprint density at radius 2 is 1.65 bits per heavy atom. The van der Waals surface area contributed by atoms with Crippen LogP contribution in [0.5, 0.6) is 0 Å². The van der Waals surface area contributed by atoms with Gasteiger partial charge < -0.3 is 0 Å². The average molecular weight is 301 g/mol. The Kier molecular flexibility index (Phi) is 4.20. The molecule has 1 atom stereocenters. The summed E-state index contributed by atoms with van der Waals surface area (Å²) in [6.45, 7) is 4.78. The van der Waals surface area contributed by atoms with Crippen LogP contribution < -0.4 is 0 Å². The van der Waals surface area contributed by atoms with E-state index in [-0.39, 0.29) is 5.56 Å². The van der Waals surface area contributed by atoms with Crippen LogP contribution in [0.25, 0.3) is 0 Å². The van der Waals surface area contributed by atoms with Gasteiger partial charge in [-0.25, -0.2) is 4.39 Å². The zero-order valence-corrected chi connectivity index (χ0v) is 11.5. The van der Waals surface area contributed by atoms with Gasteiger partial charge in [-0.1, -0.05) is 48.8 Å². The van der Waals surface area contributed by atoms with Gasteiger partial charge in [0.1, 0.15) is 0 Å². The number of benzene rings is 1. The maximum Gasteiger partial charge on any atom is 0.221 e. The number of Topliss-reactive ketones (excluding diaryl/α,β-unsaturated/α-hetero) is 2. The van der Waals surface area contributed by atoms with Gasteiger partial charge >= 0.3 is 0 Å². The van der Waals surface area contributed by atoms with E-state index in [9.17, 15) is 14.0 Å². The van der Waals surface area contributed by atoms with Crippen molar-refractivity contribution in [1.82, 2.24) is 0 Å². The lowest BCUT2D eigenvalue weighted by molar-refractivity contribution is -0.129. The number of carbonyl (C=O) groups is 2. The molecule has 92 valence electrons. The van der Waals surface area contributed by atoms with Gasteiger partial charge in [-0.15, -0.1) is 0 Å². The molecule has 0 bridgehead atoms. The van der Waals surface area contributed by atoms with E-state index in [0.717, 1.165) is 4.47 Å². The van der Waals surface area contributed by atoms with E-state index in [1.54, 1.807) is 32.9 Å². The van der Waals surface area contributed by atoms with Crippen LogP contribution in [0.3, 0.4) is 0 Å². The topological polar surface area (TPSA) is 34.1 Å². The first-order valence-corrected chi connectivity index (χ1v) is 6.01. The molecule has 0 heterocycles. The molecule has 1 aromatic carbocycles. The third kappa shape index (κ3) is 3.46. The number of alkyl halides is 1. The zero-order chi connectivity index (χ0) is 13.2. The molecular formula is C13H14BrFO2. The van der Waals surface area contributed by atoms with E-state index in [1.807, 2.05) is 0 Å². The van der Waals surface area contributed by atoms with Crippen molar-refractivity contribution in [2.45, 2.75) is 26.9 Å². The third-order valence-corrected chi connectivity index (χ3v) is 2.86. The van der Waals surface area contributed by atoms with Gasteiger partial charge in [0.15, 0.2) is 5.78 Å². The van der Waals surface area contributed by atoms with E-state index < -0.39 is 23.2 Å². The average Bonchev–Trinajstić information content (AvgIpc) is 2.26. The molecule has 0 fully saturated rings. The second-order valence-corrected chi connectivity index (χ2v) is 5.76. The quantitative estimate of drug-likeness (QED) is 0.631. The van der Waals surface area contributed by atoms with Crippen LogP contribution in [0.2, 0.25) is 0 Å². The number of halogens is 2. The summed E-state index contributed by atoms with van der Waals surface area (Å²) >= 11 is 3.22. The van der Waals surface area contributed by atoms with Crippen molar-refractivity contribution in [3.05, 3.63) is 34.3 Å². The fourth-order valence-electron chi connectivity index (χ4n) is 1.26. The van der Waals surface area contributed by atoms with Gasteiger partial charge in [0.2, 0.25) is 12.0 Å². The van der Waals surface area contributed by atoms with Crippen molar-refractivity contribution >= 4 is 27.5 Å². The lowest BCUT2D eigenvalue weighted by atomic mass is 9.86. The van der Waals surface area contributed by atoms with Crippen LogP contribution in [0.4, 0.5) is 4.39 Å². The number of hydrogen-bond donors (Lipinski definition) is 0. The molecular weight excluding hydrogens is 287 g/mol. The SMILES string of the molecule is CC(C)(C)C(=O)C(F)C(=O)c1ccc(Br)cc1. The first-order valence-electron chi connectivity index (χ1n) is 5.21. The Morgan fingerprint density at radius 1 is 1.18 bits per heavy atom. The minimum absolute atomic E-state index is 0.207. The van der Waals surface area contributed by atoms with Crippen molar-refractivity contribution in [2.24, 2.45) is 5.41 Å². The molecule has 1 rings (SSSR count). The zero-order valence-electron chi connectivity index (χ0n) is 9.96. The third-order valence-electron chi connectivity index (χ3n) is 2.33. The summed E-state index contributed by atoms with van der Waals surface area (Å²) in [5.74, 6) is -1.47. The van der Waals surface area contributed by atoms with Gasteiger partial charge in [0, 0.05) is 15.5 Å². The first kappa shape index (κ1) is 14.0. The molecule has 4 heteroatoms. The summed E-state index contributed by atoms with van der Waals surface area (Å²) in [6, 6.07) is 6.27. The molecule has 0 aliphatic carbocycles. The number of ketones is 2. The second-order valence-electron chi connectivity index (χ2n) is 4.85. The minimum Gasteiger partial charge on any atom is -0.295 e. The molecule has 0 spiro atoms. The van der Waals surface area contributed by atoms with Crippen molar-refractivity contribution in [3.8, 4) is 0 Å². The summed E-state index contributed by atoms with van der Waals surface area (Å²) in [5, 5.41) is 0. The van der Waals surface area contributed by atoms with E-state index in [4.69, 9.17) is 0 Å². The molecule has 0 N–H and O–H groups in total. The summed E-state index contributed by atoms with van der Waals surface area (Å²) in [7, 11) is 0. The molecule has 1 unspecified atom stereocenters. The number of hydrogen-bond acceptors (Lipinski definition) is 2. The van der Waals surface area contributed by atoms with E-state index >= 15 is 0 Å². The molecule has 0 aliphatic heterocycles. The van der Waals surface area contributed by atoms with Gasteiger partial charge in [-0.05, 0) is 12.1 Å². The molecule has 1 aromatic rings. The van der Waals surface area contributed by atoms with Gasteiger partial charge in [0.05, 0.1) is 0 Å². The van der Waals surface area contributed by atoms with Crippen molar-refractivity contribution in [2.75, 3.05) is 0 Å². The van der Waals surface area contributed by atoms with Crippen LogP contribution in [0.15, 0.2) is 28.7 Å². The van der Waals surface area contributed by atoms with Crippen molar-refractivity contribution < 1.29 is 14.0 Å². The number of rotatable bonds is 3. The van der Waals surface area contributed by atoms with Gasteiger partial charge in [0.25, 0.3) is 0 Å². The summed E-state index contributed by atoms with van der Waals surface area (Å²) < 4.78 is 14.6. The Bertz CT molecular complexity index is 432. The van der Waals surface area contributed by atoms with Crippen LogP contribution in [0, 0.1) is 5.41 Å². The predicted octanol–water partition coefficient (Wildman–Crippen LogP) is 3.59. The van der Waals surface area contributed by atoms with Crippen molar-refractivity contribution in [3.63, 3.8) is 0 Å². The molecule has 2 nitrogen and oxygen atoms in total. The maximum atomic E-state index is 13.8. The predicted molar refractivity (Wildman–Crippen MR) is 67.8 cm³/mol.